The summed E-state index contributed by atoms with van der Waals surface area (Å²) in [5.74, 6) is 0.707. The summed E-state index contributed by atoms with van der Waals surface area (Å²) < 4.78 is 1.86. The number of piperazine rings is 1. The lowest BCUT2D eigenvalue weighted by Gasteiger charge is -2.34. The lowest BCUT2D eigenvalue weighted by molar-refractivity contribution is 0.0641. The van der Waals surface area contributed by atoms with E-state index >= 15 is 0 Å². The number of amides is 1. The fourth-order valence-electron chi connectivity index (χ4n) is 2.97. The van der Waals surface area contributed by atoms with Crippen molar-refractivity contribution >= 4 is 5.91 Å². The molecule has 2 heterocycles. The van der Waals surface area contributed by atoms with Crippen LogP contribution < -0.4 is 0 Å². The van der Waals surface area contributed by atoms with E-state index in [1.807, 2.05) is 23.6 Å². The summed E-state index contributed by atoms with van der Waals surface area (Å²) in [7, 11) is 1.94. The number of rotatable bonds is 3. The molecule has 1 saturated heterocycles. The maximum absolute atomic E-state index is 12.8. The average molecular weight is 276 g/mol. The zero-order chi connectivity index (χ0) is 14.3. The molecule has 1 aromatic rings. The molecule has 1 aromatic heterocycles. The van der Waals surface area contributed by atoms with Gasteiger partial charge in [-0.25, -0.2) is 0 Å². The molecule has 20 heavy (non-hydrogen) atoms. The van der Waals surface area contributed by atoms with Crippen molar-refractivity contribution in [3.63, 3.8) is 0 Å². The van der Waals surface area contributed by atoms with Gasteiger partial charge in [0.05, 0.1) is 11.3 Å². The van der Waals surface area contributed by atoms with Gasteiger partial charge in [0.2, 0.25) is 0 Å². The van der Waals surface area contributed by atoms with Gasteiger partial charge in [-0.2, -0.15) is 5.10 Å². The number of carbonyl (C=O) groups is 1. The lowest BCUT2D eigenvalue weighted by Crippen LogP contribution is -2.48. The minimum Gasteiger partial charge on any atom is -0.336 e. The van der Waals surface area contributed by atoms with Crippen LogP contribution in [0.5, 0.6) is 0 Å². The molecule has 0 radical (unpaired) electrons. The fraction of sp³-hybridized carbons (Fsp3) is 0.733. The first-order valence-electron chi connectivity index (χ1n) is 7.67. The molecule has 0 bridgehead atoms. The summed E-state index contributed by atoms with van der Waals surface area (Å²) in [6.45, 7) is 8.90. The first-order chi connectivity index (χ1) is 9.61. The van der Waals surface area contributed by atoms with E-state index in [1.54, 1.807) is 0 Å². The fourth-order valence-corrected chi connectivity index (χ4v) is 2.97. The van der Waals surface area contributed by atoms with Crippen molar-refractivity contribution in [3.05, 3.63) is 17.0 Å². The smallest absolute Gasteiger partial charge is 0.257 e. The molecule has 3 rings (SSSR count). The van der Waals surface area contributed by atoms with Crippen molar-refractivity contribution < 1.29 is 4.79 Å². The van der Waals surface area contributed by atoms with Gasteiger partial charge in [-0.05, 0) is 26.3 Å². The Morgan fingerprint density at radius 3 is 2.45 bits per heavy atom. The molecular weight excluding hydrogens is 252 g/mol. The van der Waals surface area contributed by atoms with Crippen molar-refractivity contribution in [1.29, 1.82) is 0 Å². The Morgan fingerprint density at radius 2 is 1.90 bits per heavy atom. The number of nitrogens with zero attached hydrogens (tertiary/aromatic N) is 4. The number of carbonyl (C=O) groups excluding carboxylic acids is 1. The lowest BCUT2D eigenvalue weighted by atomic mass is 10.1. The van der Waals surface area contributed by atoms with Crippen LogP contribution in [0.2, 0.25) is 0 Å². The topological polar surface area (TPSA) is 41.4 Å². The number of likely N-dealkylation sites (N-methyl/N-ethyl adjacent to an activating group) is 1. The van der Waals surface area contributed by atoms with Crippen molar-refractivity contribution in [2.45, 2.75) is 32.6 Å². The third-order valence-electron chi connectivity index (χ3n) is 4.65. The van der Waals surface area contributed by atoms with Crippen LogP contribution in [0.15, 0.2) is 0 Å². The number of aromatic nitrogens is 2. The van der Waals surface area contributed by atoms with Crippen LogP contribution in [0.3, 0.4) is 0 Å². The predicted octanol–water partition coefficient (Wildman–Crippen LogP) is 1.38. The van der Waals surface area contributed by atoms with Gasteiger partial charge in [0.1, 0.15) is 0 Å². The van der Waals surface area contributed by atoms with Crippen LogP contribution in [-0.2, 0) is 7.05 Å². The van der Waals surface area contributed by atoms with Gasteiger partial charge in [0.15, 0.2) is 0 Å². The molecule has 1 amide bonds. The van der Waals surface area contributed by atoms with E-state index in [0.717, 1.165) is 49.7 Å². The van der Waals surface area contributed by atoms with Crippen molar-refractivity contribution in [2.75, 3.05) is 32.7 Å². The van der Waals surface area contributed by atoms with Crippen LogP contribution >= 0.6 is 0 Å². The minimum atomic E-state index is 0.188. The molecule has 5 nitrogen and oxygen atoms in total. The Morgan fingerprint density at radius 1 is 1.25 bits per heavy atom. The van der Waals surface area contributed by atoms with E-state index in [-0.39, 0.29) is 5.91 Å². The summed E-state index contributed by atoms with van der Waals surface area (Å²) >= 11 is 0. The monoisotopic (exact) mass is 276 g/mol. The van der Waals surface area contributed by atoms with Gasteiger partial charge >= 0.3 is 0 Å². The molecule has 0 atom stereocenters. The van der Waals surface area contributed by atoms with Crippen LogP contribution in [0.4, 0.5) is 0 Å². The molecule has 0 aromatic carbocycles. The predicted molar refractivity (Wildman–Crippen MR) is 77.9 cm³/mol. The van der Waals surface area contributed by atoms with Gasteiger partial charge in [-0.1, -0.05) is 6.92 Å². The average Bonchev–Trinajstić information content (AvgIpc) is 3.26. The summed E-state index contributed by atoms with van der Waals surface area (Å²) in [4.78, 5) is 17.2. The first kappa shape index (κ1) is 13.6. The normalized spacial score (nSPS) is 20.4. The molecule has 2 fully saturated rings. The molecule has 1 aliphatic heterocycles. The Balaban J connectivity index is 1.80. The van der Waals surface area contributed by atoms with Crippen LogP contribution in [0.25, 0.3) is 0 Å². The van der Waals surface area contributed by atoms with Gasteiger partial charge in [-0.3, -0.25) is 9.48 Å². The Bertz CT molecular complexity index is 510. The third-order valence-corrected chi connectivity index (χ3v) is 4.65. The largest absolute Gasteiger partial charge is 0.336 e. The third kappa shape index (κ3) is 2.35. The molecule has 110 valence electrons. The van der Waals surface area contributed by atoms with E-state index in [4.69, 9.17) is 0 Å². The SMILES string of the molecule is CCN1CCN(C(=O)c2c(C3CC3)nn(C)c2C)CC1. The van der Waals surface area contributed by atoms with Crippen molar-refractivity contribution in [2.24, 2.45) is 7.05 Å². The molecule has 0 N–H and O–H groups in total. The first-order valence-corrected chi connectivity index (χ1v) is 7.67. The van der Waals surface area contributed by atoms with E-state index in [9.17, 15) is 4.79 Å². The van der Waals surface area contributed by atoms with Gasteiger partial charge in [-0.15, -0.1) is 0 Å². The van der Waals surface area contributed by atoms with Crippen molar-refractivity contribution in [1.82, 2.24) is 19.6 Å². The van der Waals surface area contributed by atoms with E-state index in [0.29, 0.717) is 5.92 Å². The van der Waals surface area contributed by atoms with Crippen LogP contribution in [-0.4, -0.2) is 58.2 Å². The standard InChI is InChI=1S/C15H24N4O/c1-4-18-7-9-19(10-8-18)15(20)13-11(2)17(3)16-14(13)12-5-6-12/h12H,4-10H2,1-3H3. The molecule has 2 aliphatic rings. The number of aryl methyl sites for hydroxylation is 1. The highest BCUT2D eigenvalue weighted by Crippen LogP contribution is 2.41. The summed E-state index contributed by atoms with van der Waals surface area (Å²) in [6, 6.07) is 0. The second kappa shape index (κ2) is 5.20. The highest BCUT2D eigenvalue weighted by Gasteiger charge is 2.35. The second-order valence-electron chi connectivity index (χ2n) is 5.97. The van der Waals surface area contributed by atoms with Gasteiger partial charge in [0.25, 0.3) is 5.91 Å². The second-order valence-corrected chi connectivity index (χ2v) is 5.97. The minimum absolute atomic E-state index is 0.188. The van der Waals surface area contributed by atoms with Crippen LogP contribution in [0.1, 0.15) is 47.4 Å². The van der Waals surface area contributed by atoms with E-state index < -0.39 is 0 Å². The molecular formula is C15H24N4O. The highest BCUT2D eigenvalue weighted by molar-refractivity contribution is 5.96. The van der Waals surface area contributed by atoms with E-state index in [1.165, 1.54) is 12.8 Å². The van der Waals surface area contributed by atoms with Gasteiger partial charge < -0.3 is 9.80 Å². The van der Waals surface area contributed by atoms with Crippen molar-refractivity contribution in [3.8, 4) is 0 Å². The zero-order valence-corrected chi connectivity index (χ0v) is 12.7. The number of hydrogen-bond acceptors (Lipinski definition) is 3. The molecule has 1 aliphatic carbocycles. The molecule has 5 heteroatoms. The van der Waals surface area contributed by atoms with Gasteiger partial charge in [0, 0.05) is 44.8 Å². The molecule has 0 unspecified atom stereocenters. The Labute approximate surface area is 120 Å². The molecule has 1 saturated carbocycles. The molecule has 0 spiro atoms. The highest BCUT2D eigenvalue weighted by atomic mass is 16.2. The summed E-state index contributed by atoms with van der Waals surface area (Å²) in [5, 5.41) is 4.58. The summed E-state index contributed by atoms with van der Waals surface area (Å²) in [6.07, 6.45) is 2.36. The Hall–Kier alpha value is -1.36. The maximum atomic E-state index is 12.8. The van der Waals surface area contributed by atoms with Crippen LogP contribution in [0, 0.1) is 6.92 Å². The Kier molecular flexibility index (Phi) is 3.54. The number of hydrogen-bond donors (Lipinski definition) is 0. The quantitative estimate of drug-likeness (QED) is 0.837. The van der Waals surface area contributed by atoms with E-state index in [2.05, 4.69) is 16.9 Å². The zero-order valence-electron chi connectivity index (χ0n) is 12.7. The maximum Gasteiger partial charge on any atom is 0.257 e. The summed E-state index contributed by atoms with van der Waals surface area (Å²) in [5.41, 5.74) is 2.92.